The molecule has 0 fully saturated rings. The van der Waals surface area contributed by atoms with Crippen molar-refractivity contribution >= 4 is 65.2 Å². The van der Waals surface area contributed by atoms with Gasteiger partial charge in [0, 0.05) is 38.3 Å². The molecule has 0 aliphatic heterocycles. The molecule has 0 spiro atoms. The van der Waals surface area contributed by atoms with Gasteiger partial charge in [-0.05, 0) is 120 Å². The number of fused-ring (bicyclic) bond motifs is 10. The lowest BCUT2D eigenvalue weighted by Crippen LogP contribution is -2.42. The number of hydrogen-bond donors (Lipinski definition) is 0. The van der Waals surface area contributed by atoms with Crippen LogP contribution in [0.3, 0.4) is 0 Å². The van der Waals surface area contributed by atoms with Gasteiger partial charge in [-0.2, -0.15) is 0 Å². The second-order valence-corrected chi connectivity index (χ2v) is 19.0. The largest absolute Gasteiger partial charge is 0.309 e. The maximum absolute atomic E-state index is 2.49. The molecular formula is C59H48N2. The Morgan fingerprint density at radius 1 is 0.344 bits per heavy atom. The van der Waals surface area contributed by atoms with E-state index in [0.717, 1.165) is 0 Å². The van der Waals surface area contributed by atoms with Gasteiger partial charge in [0.15, 0.2) is 0 Å². The van der Waals surface area contributed by atoms with Gasteiger partial charge in [0.25, 0.3) is 0 Å². The molecule has 9 aromatic carbocycles. The molecule has 0 bridgehead atoms. The first-order valence-electron chi connectivity index (χ1n) is 21.8. The molecule has 2 heterocycles. The average molecular weight is 785 g/mol. The van der Waals surface area contributed by atoms with E-state index in [0.29, 0.717) is 0 Å². The van der Waals surface area contributed by atoms with Gasteiger partial charge in [-0.3, -0.25) is 0 Å². The van der Waals surface area contributed by atoms with Crippen LogP contribution in [0.1, 0.15) is 52.7 Å². The molecule has 0 atom stereocenters. The van der Waals surface area contributed by atoms with Gasteiger partial charge in [0.1, 0.15) is 0 Å². The maximum Gasteiger partial charge on any atom is 0.0619 e. The lowest BCUT2D eigenvalue weighted by Gasteiger charge is -2.44. The Bertz CT molecular complexity index is 3610. The van der Waals surface area contributed by atoms with E-state index in [4.69, 9.17) is 0 Å². The summed E-state index contributed by atoms with van der Waals surface area (Å²) in [5, 5.41) is 10.0. The van der Waals surface area contributed by atoms with Crippen molar-refractivity contribution in [2.45, 2.75) is 52.4 Å². The highest BCUT2D eigenvalue weighted by molar-refractivity contribution is 6.19. The van der Waals surface area contributed by atoms with Crippen LogP contribution in [-0.2, 0) is 10.8 Å². The number of nitrogens with zero attached hydrogens (tertiary/aromatic N) is 2. The zero-order valence-electron chi connectivity index (χ0n) is 35.7. The van der Waals surface area contributed by atoms with Gasteiger partial charge < -0.3 is 9.13 Å². The van der Waals surface area contributed by atoms with Crippen LogP contribution in [0.2, 0.25) is 0 Å². The molecule has 12 rings (SSSR count). The van der Waals surface area contributed by atoms with Crippen LogP contribution in [0.25, 0.3) is 98.8 Å². The van der Waals surface area contributed by atoms with Crippen molar-refractivity contribution in [1.82, 2.24) is 9.13 Å². The Kier molecular flexibility index (Phi) is 7.41. The molecular weight excluding hydrogens is 737 g/mol. The van der Waals surface area contributed by atoms with E-state index < -0.39 is 0 Å². The average Bonchev–Trinajstić information content (AvgIpc) is 3.84. The smallest absolute Gasteiger partial charge is 0.0619 e. The molecule has 0 N–H and O–H groups in total. The van der Waals surface area contributed by atoms with Crippen molar-refractivity contribution in [3.05, 3.63) is 193 Å². The fraction of sp³-hybridized carbons (Fsp3) is 0.153. The Balaban J connectivity index is 1.01. The predicted octanol–water partition coefficient (Wildman–Crippen LogP) is 16.1. The van der Waals surface area contributed by atoms with Crippen LogP contribution in [0.5, 0.6) is 0 Å². The van der Waals surface area contributed by atoms with Crippen LogP contribution in [0, 0.1) is 5.41 Å². The number of aromatic nitrogens is 2. The summed E-state index contributed by atoms with van der Waals surface area (Å²) in [6, 6.07) is 68.1. The van der Waals surface area contributed by atoms with E-state index in [9.17, 15) is 0 Å². The summed E-state index contributed by atoms with van der Waals surface area (Å²) in [4.78, 5) is 0. The molecule has 1 aliphatic rings. The van der Waals surface area contributed by atoms with Crippen molar-refractivity contribution < 1.29 is 0 Å². The summed E-state index contributed by atoms with van der Waals surface area (Å²) < 4.78 is 4.91. The number of para-hydroxylation sites is 1. The third-order valence-corrected chi connectivity index (χ3v) is 15.6. The highest BCUT2D eigenvalue weighted by Gasteiger charge is 2.57. The van der Waals surface area contributed by atoms with Crippen molar-refractivity contribution in [3.8, 4) is 33.6 Å². The first kappa shape index (κ1) is 36.0. The standard InChI is InChI=1S/C59H48N2/c1-57(2)51-20-13-19-45(55(51)58(3,4)59(57,5)6)39-23-28-43(29-24-39)61-54-33-27-42(36-50(54)48-31-25-38-15-9-10-17-46(38)56(48)61)41-26-32-53-49(35-41)47-18-11-12-21-52(47)60(53)44-30-22-37-14-7-8-16-40(37)34-44/h7-36H,1-6H3. The predicted molar refractivity (Wildman–Crippen MR) is 261 cm³/mol. The molecule has 2 aromatic heterocycles. The minimum Gasteiger partial charge on any atom is -0.309 e. The zero-order chi connectivity index (χ0) is 41.4. The fourth-order valence-electron chi connectivity index (χ4n) is 11.2. The molecule has 0 saturated carbocycles. The van der Waals surface area contributed by atoms with Crippen molar-refractivity contribution in [2.75, 3.05) is 0 Å². The lowest BCUT2D eigenvalue weighted by atomic mass is 9.59. The molecule has 2 nitrogen and oxygen atoms in total. The normalized spacial score (nSPS) is 15.4. The summed E-state index contributed by atoms with van der Waals surface area (Å²) in [5.41, 5.74) is 15.4. The molecule has 0 unspecified atom stereocenters. The zero-order valence-corrected chi connectivity index (χ0v) is 35.7. The molecule has 0 radical (unpaired) electrons. The van der Waals surface area contributed by atoms with E-state index in [1.54, 1.807) is 0 Å². The molecule has 2 heteroatoms. The second kappa shape index (κ2) is 12.6. The van der Waals surface area contributed by atoms with Crippen molar-refractivity contribution in [1.29, 1.82) is 0 Å². The van der Waals surface area contributed by atoms with E-state index in [-0.39, 0.29) is 16.2 Å². The highest BCUT2D eigenvalue weighted by atomic mass is 15.0. The number of hydrogen-bond acceptors (Lipinski definition) is 0. The molecule has 0 amide bonds. The summed E-state index contributed by atoms with van der Waals surface area (Å²) in [7, 11) is 0. The molecule has 1 aliphatic carbocycles. The number of benzene rings is 9. The van der Waals surface area contributed by atoms with Gasteiger partial charge in [-0.15, -0.1) is 0 Å². The van der Waals surface area contributed by atoms with E-state index in [1.807, 2.05) is 0 Å². The Labute approximate surface area is 357 Å². The lowest BCUT2D eigenvalue weighted by molar-refractivity contribution is 0.125. The second-order valence-electron chi connectivity index (χ2n) is 19.0. The minimum atomic E-state index is 0.0172. The van der Waals surface area contributed by atoms with Crippen LogP contribution in [0.4, 0.5) is 0 Å². The molecule has 11 aromatic rings. The van der Waals surface area contributed by atoms with Gasteiger partial charge in [0.2, 0.25) is 0 Å². The van der Waals surface area contributed by atoms with Crippen molar-refractivity contribution in [2.24, 2.45) is 5.41 Å². The molecule has 0 saturated heterocycles. The van der Waals surface area contributed by atoms with E-state index >= 15 is 0 Å². The van der Waals surface area contributed by atoms with Gasteiger partial charge in [-0.1, -0.05) is 169 Å². The molecule has 294 valence electrons. The third kappa shape index (κ3) is 4.91. The highest BCUT2D eigenvalue weighted by Crippen LogP contribution is 2.63. The van der Waals surface area contributed by atoms with Gasteiger partial charge >= 0.3 is 0 Å². The quantitative estimate of drug-likeness (QED) is 0.168. The first-order chi connectivity index (χ1) is 29.5. The molecule has 61 heavy (non-hydrogen) atoms. The van der Waals surface area contributed by atoms with Crippen LogP contribution >= 0.6 is 0 Å². The Hall–Kier alpha value is -6.90. The monoisotopic (exact) mass is 784 g/mol. The van der Waals surface area contributed by atoms with Crippen molar-refractivity contribution in [3.63, 3.8) is 0 Å². The summed E-state index contributed by atoms with van der Waals surface area (Å²) >= 11 is 0. The SMILES string of the molecule is CC1(C)c2cccc(-c3ccc(-n4c5ccc(-c6ccc7c(c6)c6ccccc6n7-c6ccc7ccccc7c6)cc5c5ccc6ccccc6c54)cc3)c2C(C)(C)C1(C)C. The minimum absolute atomic E-state index is 0.0172. The third-order valence-electron chi connectivity index (χ3n) is 15.6. The summed E-state index contributed by atoms with van der Waals surface area (Å²) in [6.07, 6.45) is 0. The fourth-order valence-corrected chi connectivity index (χ4v) is 11.2. The summed E-state index contributed by atoms with van der Waals surface area (Å²) in [6.45, 7) is 14.6. The maximum atomic E-state index is 2.49. The van der Waals surface area contributed by atoms with E-state index in [1.165, 1.54) is 110 Å². The van der Waals surface area contributed by atoms with Crippen LogP contribution in [0.15, 0.2) is 182 Å². The Morgan fingerprint density at radius 2 is 0.918 bits per heavy atom. The van der Waals surface area contributed by atoms with E-state index in [2.05, 4.69) is 233 Å². The number of rotatable bonds is 4. The van der Waals surface area contributed by atoms with Gasteiger partial charge in [-0.25, -0.2) is 0 Å². The Morgan fingerprint density at radius 3 is 1.67 bits per heavy atom. The summed E-state index contributed by atoms with van der Waals surface area (Å²) in [5.74, 6) is 0. The van der Waals surface area contributed by atoms with Gasteiger partial charge in [0.05, 0.1) is 22.1 Å². The first-order valence-corrected chi connectivity index (χ1v) is 21.8. The topological polar surface area (TPSA) is 9.86 Å². The van der Waals surface area contributed by atoms with Crippen LogP contribution in [-0.4, -0.2) is 9.13 Å². The van der Waals surface area contributed by atoms with Crippen LogP contribution < -0.4 is 0 Å².